The fraction of sp³-hybridized carbons (Fsp3) is 0.200. The maximum absolute atomic E-state index is 12.2. The molecule has 8 heteroatoms. The van der Waals surface area contributed by atoms with Crippen LogP contribution in [0.15, 0.2) is 34.1 Å². The van der Waals surface area contributed by atoms with E-state index in [0.717, 1.165) is 5.69 Å². The molecule has 0 aliphatic rings. The SMILES string of the molecule is CN(Cc1cscn1)S(=O)(=O)c1ccc(N)nc1. The third kappa shape index (κ3) is 2.66. The van der Waals surface area contributed by atoms with Crippen LogP contribution < -0.4 is 5.73 Å². The van der Waals surface area contributed by atoms with E-state index in [2.05, 4.69) is 9.97 Å². The van der Waals surface area contributed by atoms with Crippen LogP contribution in [-0.4, -0.2) is 29.7 Å². The van der Waals surface area contributed by atoms with Gasteiger partial charge in [-0.15, -0.1) is 11.3 Å². The molecule has 0 saturated heterocycles. The van der Waals surface area contributed by atoms with Gasteiger partial charge < -0.3 is 5.73 Å². The monoisotopic (exact) mass is 284 g/mol. The molecule has 0 aliphatic heterocycles. The standard InChI is InChI=1S/C10H12N4O2S2/c1-14(5-8-6-17-7-13-8)18(15,16)9-2-3-10(11)12-4-9/h2-4,6-7H,5H2,1H3,(H2,11,12). The van der Waals surface area contributed by atoms with Gasteiger partial charge in [0.05, 0.1) is 17.7 Å². The Balaban J connectivity index is 2.22. The van der Waals surface area contributed by atoms with E-state index in [9.17, 15) is 8.42 Å². The molecule has 0 atom stereocenters. The van der Waals surface area contributed by atoms with Crippen molar-refractivity contribution >= 4 is 27.2 Å². The van der Waals surface area contributed by atoms with Crippen LogP contribution >= 0.6 is 11.3 Å². The lowest BCUT2D eigenvalue weighted by atomic mass is 10.5. The van der Waals surface area contributed by atoms with Gasteiger partial charge in [0.2, 0.25) is 10.0 Å². The van der Waals surface area contributed by atoms with Gasteiger partial charge in [0.1, 0.15) is 10.7 Å². The molecule has 6 nitrogen and oxygen atoms in total. The predicted molar refractivity (Wildman–Crippen MR) is 69.4 cm³/mol. The van der Waals surface area contributed by atoms with Crippen LogP contribution in [0.2, 0.25) is 0 Å². The van der Waals surface area contributed by atoms with Crippen LogP contribution in [0.25, 0.3) is 0 Å². The van der Waals surface area contributed by atoms with Crippen molar-refractivity contribution in [3.63, 3.8) is 0 Å². The van der Waals surface area contributed by atoms with Gasteiger partial charge in [-0.25, -0.2) is 18.4 Å². The number of pyridine rings is 1. The van der Waals surface area contributed by atoms with Crippen molar-refractivity contribution < 1.29 is 8.42 Å². The summed E-state index contributed by atoms with van der Waals surface area (Å²) in [5, 5.41) is 1.81. The lowest BCUT2D eigenvalue weighted by Crippen LogP contribution is -2.26. The lowest BCUT2D eigenvalue weighted by molar-refractivity contribution is 0.463. The van der Waals surface area contributed by atoms with Gasteiger partial charge in [-0.2, -0.15) is 4.31 Å². The molecule has 0 amide bonds. The average Bonchev–Trinajstić information content (AvgIpc) is 2.82. The number of hydrogen-bond acceptors (Lipinski definition) is 6. The van der Waals surface area contributed by atoms with Crippen LogP contribution in [0.3, 0.4) is 0 Å². The summed E-state index contributed by atoms with van der Waals surface area (Å²) < 4.78 is 25.6. The molecule has 0 spiro atoms. The number of thiazole rings is 1. The van der Waals surface area contributed by atoms with E-state index in [-0.39, 0.29) is 17.3 Å². The zero-order valence-corrected chi connectivity index (χ0v) is 11.3. The molecule has 2 N–H and O–H groups in total. The number of nitrogens with two attached hydrogens (primary N) is 1. The van der Waals surface area contributed by atoms with Crippen LogP contribution in [0.1, 0.15) is 5.69 Å². The number of sulfonamides is 1. The minimum atomic E-state index is -3.55. The molecule has 0 saturated carbocycles. The third-order valence-corrected chi connectivity index (χ3v) is 4.76. The van der Waals surface area contributed by atoms with Gasteiger partial charge in [-0.3, -0.25) is 0 Å². The molecule has 2 aromatic rings. The average molecular weight is 284 g/mol. The zero-order valence-electron chi connectivity index (χ0n) is 9.65. The van der Waals surface area contributed by atoms with Gasteiger partial charge >= 0.3 is 0 Å². The van der Waals surface area contributed by atoms with E-state index in [1.165, 1.54) is 41.0 Å². The molecule has 0 aliphatic carbocycles. The highest BCUT2D eigenvalue weighted by molar-refractivity contribution is 7.89. The fourth-order valence-electron chi connectivity index (χ4n) is 1.35. The van der Waals surface area contributed by atoms with E-state index in [4.69, 9.17) is 5.73 Å². The van der Waals surface area contributed by atoms with Crippen molar-refractivity contribution in [3.8, 4) is 0 Å². The van der Waals surface area contributed by atoms with Crippen LogP contribution in [0.4, 0.5) is 5.82 Å². The van der Waals surface area contributed by atoms with Gasteiger partial charge in [-0.05, 0) is 12.1 Å². The van der Waals surface area contributed by atoms with Crippen molar-refractivity contribution in [2.24, 2.45) is 0 Å². The number of nitrogen functional groups attached to an aromatic ring is 1. The predicted octanol–water partition coefficient (Wildman–Crippen LogP) is 0.941. The van der Waals surface area contributed by atoms with Crippen molar-refractivity contribution in [2.75, 3.05) is 12.8 Å². The topological polar surface area (TPSA) is 89.2 Å². The summed E-state index contributed by atoms with van der Waals surface area (Å²) in [6.45, 7) is 0.232. The molecule has 0 aromatic carbocycles. The fourth-order valence-corrected chi connectivity index (χ4v) is 2.99. The second kappa shape index (κ2) is 5.01. The Kier molecular flexibility index (Phi) is 3.60. The molecule has 2 aromatic heterocycles. The van der Waals surface area contributed by atoms with Gasteiger partial charge in [0.25, 0.3) is 0 Å². The zero-order chi connectivity index (χ0) is 13.2. The first kappa shape index (κ1) is 12.9. The molecule has 96 valence electrons. The number of rotatable bonds is 4. The Morgan fingerprint density at radius 3 is 2.72 bits per heavy atom. The molecule has 0 radical (unpaired) electrons. The summed E-state index contributed by atoms with van der Waals surface area (Å²) >= 11 is 1.43. The minimum Gasteiger partial charge on any atom is -0.384 e. The normalized spacial score (nSPS) is 11.9. The number of anilines is 1. The summed E-state index contributed by atoms with van der Waals surface area (Å²) in [5.41, 5.74) is 7.81. The Hall–Kier alpha value is -1.51. The molecule has 0 unspecified atom stereocenters. The van der Waals surface area contributed by atoms with Crippen molar-refractivity contribution in [3.05, 3.63) is 34.9 Å². The maximum atomic E-state index is 12.2. The van der Waals surface area contributed by atoms with Crippen LogP contribution in [0.5, 0.6) is 0 Å². The maximum Gasteiger partial charge on any atom is 0.244 e. The molecule has 18 heavy (non-hydrogen) atoms. The van der Waals surface area contributed by atoms with Crippen LogP contribution in [0, 0.1) is 0 Å². The molecule has 0 fully saturated rings. The van der Waals surface area contributed by atoms with Crippen molar-refractivity contribution in [1.29, 1.82) is 0 Å². The number of nitrogens with zero attached hydrogens (tertiary/aromatic N) is 3. The Morgan fingerprint density at radius 2 is 2.17 bits per heavy atom. The summed E-state index contributed by atoms with van der Waals surface area (Å²) in [4.78, 5) is 7.96. The van der Waals surface area contributed by atoms with E-state index in [1.54, 1.807) is 5.51 Å². The Labute approximate surface area is 109 Å². The first-order valence-corrected chi connectivity index (χ1v) is 7.43. The Bertz CT molecular complexity index is 608. The minimum absolute atomic E-state index is 0.120. The van der Waals surface area contributed by atoms with Crippen molar-refractivity contribution in [2.45, 2.75) is 11.4 Å². The first-order valence-electron chi connectivity index (χ1n) is 5.05. The highest BCUT2D eigenvalue weighted by Gasteiger charge is 2.21. The quantitative estimate of drug-likeness (QED) is 0.902. The number of aromatic nitrogens is 2. The molecular weight excluding hydrogens is 272 g/mol. The van der Waals surface area contributed by atoms with Gasteiger partial charge in [0, 0.05) is 18.6 Å². The summed E-state index contributed by atoms with van der Waals surface area (Å²) in [6.07, 6.45) is 1.25. The van der Waals surface area contributed by atoms with E-state index < -0.39 is 10.0 Å². The summed E-state index contributed by atoms with van der Waals surface area (Å²) in [6, 6.07) is 2.90. The second-order valence-corrected chi connectivity index (χ2v) is 6.42. The summed E-state index contributed by atoms with van der Waals surface area (Å²) in [7, 11) is -2.05. The first-order chi connectivity index (χ1) is 8.50. The molecule has 2 rings (SSSR count). The molecule has 0 bridgehead atoms. The van der Waals surface area contributed by atoms with Crippen molar-refractivity contribution in [1.82, 2.24) is 14.3 Å². The van der Waals surface area contributed by atoms with Gasteiger partial charge in [-0.1, -0.05) is 0 Å². The van der Waals surface area contributed by atoms with E-state index in [1.807, 2.05) is 5.38 Å². The highest BCUT2D eigenvalue weighted by Crippen LogP contribution is 2.16. The lowest BCUT2D eigenvalue weighted by Gasteiger charge is -2.15. The summed E-state index contributed by atoms with van der Waals surface area (Å²) in [5.74, 6) is 0.288. The Morgan fingerprint density at radius 1 is 1.39 bits per heavy atom. The van der Waals surface area contributed by atoms with Gasteiger partial charge in [0.15, 0.2) is 0 Å². The van der Waals surface area contributed by atoms with E-state index >= 15 is 0 Å². The molecule has 2 heterocycles. The number of hydrogen-bond donors (Lipinski definition) is 1. The van der Waals surface area contributed by atoms with E-state index in [0.29, 0.717) is 0 Å². The smallest absolute Gasteiger partial charge is 0.244 e. The molecular formula is C10H12N4O2S2. The van der Waals surface area contributed by atoms with Crippen LogP contribution in [-0.2, 0) is 16.6 Å². The highest BCUT2D eigenvalue weighted by atomic mass is 32.2. The largest absolute Gasteiger partial charge is 0.384 e. The third-order valence-electron chi connectivity index (χ3n) is 2.34. The second-order valence-electron chi connectivity index (χ2n) is 3.66.